The predicted molar refractivity (Wildman–Crippen MR) is 140 cm³/mol. The third-order valence-corrected chi connectivity index (χ3v) is 7.17. The maximum atomic E-state index is 12.7. The summed E-state index contributed by atoms with van der Waals surface area (Å²) in [6, 6.07) is 10.8. The maximum absolute atomic E-state index is 12.7. The molecule has 0 saturated heterocycles. The number of aryl methyl sites for hydroxylation is 2. The van der Waals surface area contributed by atoms with Gasteiger partial charge in [0.05, 0.1) is 19.8 Å². The van der Waals surface area contributed by atoms with Gasteiger partial charge in [0.15, 0.2) is 22.5 Å². The highest BCUT2D eigenvalue weighted by atomic mass is 127. The van der Waals surface area contributed by atoms with Crippen LogP contribution in [-0.2, 0) is 14.7 Å². The van der Waals surface area contributed by atoms with Crippen LogP contribution in [0.1, 0.15) is 21.5 Å². The summed E-state index contributed by atoms with van der Waals surface area (Å²) in [5.41, 5.74) is 4.16. The van der Waals surface area contributed by atoms with E-state index in [0.717, 1.165) is 16.5 Å². The lowest BCUT2D eigenvalue weighted by molar-refractivity contribution is -0.216. The molecule has 9 heteroatoms. The van der Waals surface area contributed by atoms with Gasteiger partial charge >= 0.3 is 5.97 Å². The fraction of sp³-hybridized carbons (Fsp3) is 0.167. The number of rotatable bonds is 5. The zero-order valence-electron chi connectivity index (χ0n) is 18.1. The van der Waals surface area contributed by atoms with Gasteiger partial charge in [0.25, 0.3) is 0 Å². The van der Waals surface area contributed by atoms with Crippen molar-refractivity contribution in [2.45, 2.75) is 13.8 Å². The van der Waals surface area contributed by atoms with Crippen LogP contribution in [0.4, 0.5) is 0 Å². The zero-order chi connectivity index (χ0) is 23.9. The number of carbonyl (C=O) groups excluding carboxylic acids is 1. The van der Waals surface area contributed by atoms with Gasteiger partial charge in [-0.1, -0.05) is 18.2 Å². The minimum atomic E-state index is -0.632. The Bertz CT molecular complexity index is 1430. The van der Waals surface area contributed by atoms with Crippen molar-refractivity contribution < 1.29 is 28.8 Å². The number of halogens is 2. The Morgan fingerprint density at radius 3 is 2.36 bits per heavy atom. The van der Waals surface area contributed by atoms with Crippen molar-refractivity contribution in [2.75, 3.05) is 14.2 Å². The van der Waals surface area contributed by atoms with Crippen LogP contribution < -0.4 is 10.3 Å². The van der Waals surface area contributed by atoms with Gasteiger partial charge in [0.1, 0.15) is 7.14 Å². The first-order chi connectivity index (χ1) is 15.8. The van der Waals surface area contributed by atoms with Crippen LogP contribution in [0.3, 0.4) is 0 Å². The van der Waals surface area contributed by atoms with Gasteiger partial charge in [-0.05, 0) is 93.9 Å². The first-order valence-corrected chi connectivity index (χ1v) is 11.9. The van der Waals surface area contributed by atoms with Crippen LogP contribution in [0.25, 0.3) is 33.4 Å². The van der Waals surface area contributed by atoms with Gasteiger partial charge in [-0.3, -0.25) is 9.68 Å². The molecule has 1 aliphatic carbocycles. The second kappa shape index (κ2) is 9.57. The van der Waals surface area contributed by atoms with E-state index in [-0.39, 0.29) is 5.43 Å². The topological polar surface area (TPSA) is 84.2 Å². The van der Waals surface area contributed by atoms with Crippen molar-refractivity contribution in [3.8, 4) is 28.2 Å². The van der Waals surface area contributed by atoms with Crippen molar-refractivity contribution >= 4 is 62.1 Å². The number of fused-ring (bicyclic) bond motifs is 2. The highest BCUT2D eigenvalue weighted by Crippen LogP contribution is 2.46. The number of hydrogen-bond acceptors (Lipinski definition) is 7. The maximum Gasteiger partial charge on any atom is 0.373 e. The average Bonchev–Trinajstić information content (AvgIpc) is 2.80. The Morgan fingerprint density at radius 1 is 0.939 bits per heavy atom. The molecule has 0 spiro atoms. The van der Waals surface area contributed by atoms with E-state index in [1.54, 1.807) is 25.1 Å². The van der Waals surface area contributed by atoms with E-state index in [9.17, 15) is 9.59 Å². The van der Waals surface area contributed by atoms with Gasteiger partial charge in [0, 0.05) is 16.5 Å². The van der Waals surface area contributed by atoms with Crippen LogP contribution in [-0.4, -0.2) is 20.2 Å². The fourth-order valence-corrected chi connectivity index (χ4v) is 5.52. The Labute approximate surface area is 216 Å². The Morgan fingerprint density at radius 2 is 1.67 bits per heavy atom. The monoisotopic (exact) mass is 672 g/mol. The van der Waals surface area contributed by atoms with E-state index in [2.05, 4.69) is 27.5 Å². The molecule has 0 radical (unpaired) electrons. The lowest BCUT2D eigenvalue weighted by Gasteiger charge is -2.20. The summed E-state index contributed by atoms with van der Waals surface area (Å²) in [6.07, 6.45) is 0. The third-order valence-electron chi connectivity index (χ3n) is 5.21. The van der Waals surface area contributed by atoms with Gasteiger partial charge < -0.3 is 9.30 Å². The second-order valence-corrected chi connectivity index (χ2v) is 9.39. The number of hydrogen-bond donors (Lipinski definition) is 0. The quantitative estimate of drug-likeness (QED) is 0.111. The summed E-state index contributed by atoms with van der Waals surface area (Å²) in [5.74, 6) is 0.303. The molecule has 0 amide bonds. The van der Waals surface area contributed by atoms with Crippen LogP contribution in [0, 0.1) is 21.0 Å². The van der Waals surface area contributed by atoms with Crippen molar-refractivity contribution in [1.29, 1.82) is 0 Å². The van der Waals surface area contributed by atoms with Crippen molar-refractivity contribution in [1.82, 2.24) is 0 Å². The Balaban J connectivity index is 2.24. The SMILES string of the molecule is COOC(=O)c1ccccc1-c1c2cc(C)c(=O)c(I)c-2oc2c(I)c(OOC)c(C)cc12. The molecule has 2 aromatic carbocycles. The lowest BCUT2D eigenvalue weighted by atomic mass is 9.89. The molecule has 7 nitrogen and oxygen atoms in total. The first kappa shape index (κ1) is 23.9. The summed E-state index contributed by atoms with van der Waals surface area (Å²) in [4.78, 5) is 45.2. The molecular formula is C24H18I2O7. The van der Waals surface area contributed by atoms with Crippen LogP contribution in [0.5, 0.6) is 5.75 Å². The van der Waals surface area contributed by atoms with E-state index in [0.29, 0.717) is 46.5 Å². The van der Waals surface area contributed by atoms with Crippen LogP contribution in [0.2, 0.25) is 0 Å². The van der Waals surface area contributed by atoms with Gasteiger partial charge in [-0.2, -0.15) is 9.78 Å². The summed E-state index contributed by atoms with van der Waals surface area (Å²) in [7, 11) is 2.70. The standard InChI is InChI=1S/C24H18I2O7/c1-11-9-15-17(13-7-5-6-8-14(13)24(28)33-30-4)16-10-12(2)21(32-29-3)19(26)23(16)31-22(15)18(25)20(11)27/h5-10H,1-4H3. The van der Waals surface area contributed by atoms with E-state index >= 15 is 0 Å². The summed E-state index contributed by atoms with van der Waals surface area (Å²) in [6.45, 7) is 3.65. The summed E-state index contributed by atoms with van der Waals surface area (Å²) < 4.78 is 7.43. The van der Waals surface area contributed by atoms with E-state index in [1.807, 2.05) is 47.7 Å². The fourth-order valence-electron chi connectivity index (χ4n) is 3.78. The molecule has 0 atom stereocenters. The molecule has 0 bridgehead atoms. The Kier molecular flexibility index (Phi) is 6.93. The molecule has 2 aliphatic rings. The zero-order valence-corrected chi connectivity index (χ0v) is 22.4. The molecule has 1 aliphatic heterocycles. The molecule has 0 unspecified atom stereocenters. The van der Waals surface area contributed by atoms with E-state index < -0.39 is 5.97 Å². The van der Waals surface area contributed by atoms with E-state index in [4.69, 9.17) is 19.1 Å². The number of carbonyl (C=O) groups is 1. The summed E-state index contributed by atoms with van der Waals surface area (Å²) >= 11 is 4.13. The summed E-state index contributed by atoms with van der Waals surface area (Å²) in [5, 5.41) is 0.749. The molecule has 33 heavy (non-hydrogen) atoms. The van der Waals surface area contributed by atoms with E-state index in [1.165, 1.54) is 14.2 Å². The normalized spacial score (nSPS) is 11.2. The molecule has 0 N–H and O–H groups in total. The molecule has 1 heterocycles. The highest BCUT2D eigenvalue weighted by Gasteiger charge is 2.27. The Hall–Kier alpha value is -2.22. The molecule has 0 aromatic heterocycles. The van der Waals surface area contributed by atoms with Crippen molar-refractivity contribution in [2.24, 2.45) is 0 Å². The first-order valence-electron chi connectivity index (χ1n) is 9.73. The molecule has 4 rings (SSSR count). The van der Waals surface area contributed by atoms with Gasteiger partial charge in [0.2, 0.25) is 0 Å². The second-order valence-electron chi connectivity index (χ2n) is 7.24. The molecule has 2 aromatic rings. The predicted octanol–water partition coefficient (Wildman–Crippen LogP) is 6.05. The minimum absolute atomic E-state index is 0.111. The lowest BCUT2D eigenvalue weighted by Crippen LogP contribution is -2.13. The van der Waals surface area contributed by atoms with Crippen LogP contribution in [0.15, 0.2) is 45.6 Å². The van der Waals surface area contributed by atoms with Crippen LogP contribution >= 0.6 is 45.2 Å². The van der Waals surface area contributed by atoms with Gasteiger partial charge in [-0.15, -0.1) is 0 Å². The molecule has 0 fully saturated rings. The largest absolute Gasteiger partial charge is 0.454 e. The van der Waals surface area contributed by atoms with Gasteiger partial charge in [-0.25, -0.2) is 4.79 Å². The third kappa shape index (κ3) is 4.11. The minimum Gasteiger partial charge on any atom is -0.454 e. The van der Waals surface area contributed by atoms with Crippen molar-refractivity contribution in [3.63, 3.8) is 0 Å². The smallest absolute Gasteiger partial charge is 0.373 e. The molecular weight excluding hydrogens is 654 g/mol. The molecule has 170 valence electrons. The van der Waals surface area contributed by atoms with Crippen molar-refractivity contribution in [3.05, 3.63) is 70.5 Å². The number of benzene rings is 3. The molecule has 0 saturated carbocycles. The highest BCUT2D eigenvalue weighted by molar-refractivity contribution is 14.1. The average molecular weight is 672 g/mol.